The number of nitrogens with zero attached hydrogens (tertiary/aromatic N) is 2. The van der Waals surface area contributed by atoms with Crippen LogP contribution in [0.2, 0.25) is 0 Å². The van der Waals surface area contributed by atoms with Crippen LogP contribution < -0.4 is 4.74 Å². The Morgan fingerprint density at radius 1 is 1.44 bits per heavy atom. The van der Waals surface area contributed by atoms with E-state index in [1.807, 2.05) is 0 Å². The van der Waals surface area contributed by atoms with Gasteiger partial charge in [-0.3, -0.25) is 0 Å². The molecule has 1 heterocycles. The summed E-state index contributed by atoms with van der Waals surface area (Å²) >= 11 is 0. The minimum atomic E-state index is -3.56. The number of allylic oxidation sites excluding steroid dienone is 2. The molecule has 8 heteroatoms. The molecule has 0 amide bonds. The molecule has 2 aliphatic rings. The number of aliphatic hydroxyl groups excluding tert-OH is 1. The molecular weight excluding hydrogens is 371 g/mol. The van der Waals surface area contributed by atoms with Crippen LogP contribution in [0.4, 0.5) is 4.39 Å². The van der Waals surface area contributed by atoms with Crippen LogP contribution in [0.5, 0.6) is 5.75 Å². The Morgan fingerprint density at radius 2 is 2.19 bits per heavy atom. The number of aliphatic hydroxyl groups is 1. The molecule has 27 heavy (non-hydrogen) atoms. The molecule has 1 aromatic rings. The average Bonchev–Trinajstić information content (AvgIpc) is 2.60. The molecule has 1 aliphatic heterocycles. The lowest BCUT2D eigenvalue weighted by atomic mass is 9.95. The van der Waals surface area contributed by atoms with Gasteiger partial charge in [0.05, 0.1) is 18.8 Å². The summed E-state index contributed by atoms with van der Waals surface area (Å²) in [6.07, 6.45) is 5.34. The Kier molecular flexibility index (Phi) is 5.38. The van der Waals surface area contributed by atoms with Crippen molar-refractivity contribution in [3.05, 3.63) is 53.4 Å². The van der Waals surface area contributed by atoms with Crippen LogP contribution in [0.1, 0.15) is 18.9 Å². The molecule has 1 saturated heterocycles. The van der Waals surface area contributed by atoms with Gasteiger partial charge in [0.1, 0.15) is 22.4 Å². The number of benzene rings is 1. The molecule has 1 aliphatic carbocycles. The molecule has 1 aromatic carbocycles. The molecule has 0 spiro atoms. The van der Waals surface area contributed by atoms with Crippen molar-refractivity contribution in [2.75, 3.05) is 26.3 Å². The van der Waals surface area contributed by atoms with Crippen molar-refractivity contribution in [1.29, 1.82) is 5.26 Å². The van der Waals surface area contributed by atoms with Crippen molar-refractivity contribution in [2.45, 2.75) is 18.1 Å². The summed E-state index contributed by atoms with van der Waals surface area (Å²) < 4.78 is 45.3. The first-order valence-electron chi connectivity index (χ1n) is 8.59. The van der Waals surface area contributed by atoms with Crippen LogP contribution in [0.15, 0.2) is 42.0 Å². The summed E-state index contributed by atoms with van der Waals surface area (Å²) in [5.74, 6) is -0.312. The van der Waals surface area contributed by atoms with Crippen molar-refractivity contribution >= 4 is 10.0 Å². The van der Waals surface area contributed by atoms with E-state index in [1.54, 1.807) is 31.2 Å². The summed E-state index contributed by atoms with van der Waals surface area (Å²) in [6.45, 7) is 2.44. The second kappa shape index (κ2) is 7.43. The Morgan fingerprint density at radius 3 is 2.81 bits per heavy atom. The van der Waals surface area contributed by atoms with Crippen LogP contribution >= 0.6 is 0 Å². The van der Waals surface area contributed by atoms with Gasteiger partial charge in [-0.05, 0) is 31.1 Å². The zero-order valence-corrected chi connectivity index (χ0v) is 15.7. The highest BCUT2D eigenvalue weighted by atomic mass is 32.2. The van der Waals surface area contributed by atoms with Gasteiger partial charge in [0.15, 0.2) is 0 Å². The van der Waals surface area contributed by atoms with E-state index in [9.17, 15) is 17.9 Å². The van der Waals surface area contributed by atoms with E-state index in [0.717, 1.165) is 6.07 Å². The number of sulfonamides is 1. The highest BCUT2D eigenvalue weighted by Gasteiger charge is 2.47. The van der Waals surface area contributed by atoms with Gasteiger partial charge in [-0.2, -0.15) is 5.26 Å². The Bertz CT molecular complexity index is 930. The molecule has 3 rings (SSSR count). The van der Waals surface area contributed by atoms with E-state index in [2.05, 4.69) is 0 Å². The third-order valence-corrected chi connectivity index (χ3v) is 7.40. The molecule has 1 atom stereocenters. The number of hydrogen-bond acceptors (Lipinski definition) is 5. The summed E-state index contributed by atoms with van der Waals surface area (Å²) in [7, 11) is -3.56. The first-order chi connectivity index (χ1) is 12.8. The van der Waals surface area contributed by atoms with Gasteiger partial charge in [-0.15, -0.1) is 0 Å². The predicted molar refractivity (Wildman–Crippen MR) is 97.9 cm³/mol. The molecule has 1 N–H and O–H groups in total. The smallest absolute Gasteiger partial charge is 0.223 e. The zero-order chi connectivity index (χ0) is 19.7. The van der Waals surface area contributed by atoms with Crippen LogP contribution in [-0.2, 0) is 10.0 Å². The largest absolute Gasteiger partial charge is 0.493 e. The number of rotatable bonds is 6. The third-order valence-electron chi connectivity index (χ3n) is 4.96. The summed E-state index contributed by atoms with van der Waals surface area (Å²) in [5.41, 5.74) is 0.639. The Labute approximate surface area is 158 Å². The van der Waals surface area contributed by atoms with E-state index in [4.69, 9.17) is 10.00 Å². The first kappa shape index (κ1) is 19.5. The molecule has 144 valence electrons. The Balaban J connectivity index is 1.56. The molecule has 0 aromatic heterocycles. The molecule has 0 saturated carbocycles. The minimum Gasteiger partial charge on any atom is -0.493 e. The maximum absolute atomic E-state index is 13.6. The topological polar surface area (TPSA) is 90.6 Å². The van der Waals surface area contributed by atoms with Crippen LogP contribution in [0, 0.1) is 23.1 Å². The molecule has 6 nitrogen and oxygen atoms in total. The predicted octanol–water partition coefficient (Wildman–Crippen LogP) is 1.98. The molecular formula is C19H21FN2O4S. The standard InChI is InChI=1S/C19H21FN2O4S/c1-19(6-2-3-14(8-19)12-23)27(24,25)22-10-15(11-22)13-26-17-5-4-16(9-21)18(20)7-17/h2-7,15,23H,8,10-13H2,1H3. The number of hydrogen-bond donors (Lipinski definition) is 1. The SMILES string of the molecule is CC1(S(=O)(=O)N2CC(COc3ccc(C#N)c(F)c3)C2)C=CC=C(CO)C1. The maximum atomic E-state index is 13.6. The number of ether oxygens (including phenoxy) is 1. The van der Waals surface area contributed by atoms with Gasteiger partial charge in [-0.25, -0.2) is 17.1 Å². The Hall–Kier alpha value is -2.21. The average molecular weight is 392 g/mol. The lowest BCUT2D eigenvalue weighted by Gasteiger charge is -2.43. The van der Waals surface area contributed by atoms with E-state index >= 15 is 0 Å². The number of halogens is 1. The van der Waals surface area contributed by atoms with Crippen LogP contribution in [0.3, 0.4) is 0 Å². The van der Waals surface area contributed by atoms with Gasteiger partial charge < -0.3 is 9.84 Å². The van der Waals surface area contributed by atoms with E-state index in [-0.39, 0.29) is 31.1 Å². The van der Waals surface area contributed by atoms with E-state index in [1.165, 1.54) is 16.4 Å². The lowest BCUT2D eigenvalue weighted by Crippen LogP contribution is -2.57. The quantitative estimate of drug-likeness (QED) is 0.799. The monoisotopic (exact) mass is 392 g/mol. The zero-order valence-electron chi connectivity index (χ0n) is 14.9. The van der Waals surface area contributed by atoms with Crippen molar-refractivity contribution in [3.63, 3.8) is 0 Å². The van der Waals surface area contributed by atoms with Crippen molar-refractivity contribution in [2.24, 2.45) is 5.92 Å². The molecule has 1 fully saturated rings. The fraction of sp³-hybridized carbons (Fsp3) is 0.421. The van der Waals surface area contributed by atoms with Crippen LogP contribution in [-0.4, -0.2) is 48.9 Å². The normalized spacial score (nSPS) is 23.4. The van der Waals surface area contributed by atoms with Gasteiger partial charge in [0.2, 0.25) is 10.0 Å². The lowest BCUT2D eigenvalue weighted by molar-refractivity contribution is 0.127. The van der Waals surface area contributed by atoms with Gasteiger partial charge >= 0.3 is 0 Å². The highest BCUT2D eigenvalue weighted by Crippen LogP contribution is 2.36. The maximum Gasteiger partial charge on any atom is 0.223 e. The van der Waals surface area contributed by atoms with Gasteiger partial charge in [0, 0.05) is 25.1 Å². The van der Waals surface area contributed by atoms with Crippen molar-refractivity contribution in [1.82, 2.24) is 4.31 Å². The van der Waals surface area contributed by atoms with E-state index in [0.29, 0.717) is 24.4 Å². The van der Waals surface area contributed by atoms with Crippen LogP contribution in [0.25, 0.3) is 0 Å². The second-order valence-electron chi connectivity index (χ2n) is 7.08. The van der Waals surface area contributed by atoms with Gasteiger partial charge in [0.25, 0.3) is 0 Å². The second-order valence-corrected chi connectivity index (χ2v) is 9.48. The number of nitriles is 1. The molecule has 0 bridgehead atoms. The molecule has 0 radical (unpaired) electrons. The minimum absolute atomic E-state index is 0.0162. The summed E-state index contributed by atoms with van der Waals surface area (Å²) in [5, 5.41) is 18.0. The third kappa shape index (κ3) is 3.76. The fourth-order valence-corrected chi connectivity index (χ4v) is 5.27. The van der Waals surface area contributed by atoms with E-state index < -0.39 is 20.6 Å². The van der Waals surface area contributed by atoms with Crippen molar-refractivity contribution < 1.29 is 22.7 Å². The van der Waals surface area contributed by atoms with Crippen molar-refractivity contribution in [3.8, 4) is 11.8 Å². The van der Waals surface area contributed by atoms with Gasteiger partial charge in [-0.1, -0.05) is 18.2 Å². The first-order valence-corrected chi connectivity index (χ1v) is 10.0. The summed E-state index contributed by atoms with van der Waals surface area (Å²) in [4.78, 5) is 0. The summed E-state index contributed by atoms with van der Waals surface area (Å²) in [6, 6.07) is 5.77. The fourth-order valence-electron chi connectivity index (χ4n) is 3.25. The highest BCUT2D eigenvalue weighted by molar-refractivity contribution is 7.90. The molecule has 1 unspecified atom stereocenters.